The number of likely N-dealkylation sites (N-methyl/N-ethyl adjacent to an activating group) is 1. The van der Waals surface area contributed by atoms with Crippen molar-refractivity contribution in [3.05, 3.63) is 0 Å². The van der Waals surface area contributed by atoms with E-state index in [9.17, 15) is 0 Å². The van der Waals surface area contributed by atoms with E-state index in [-0.39, 0.29) is 0 Å². The maximum atomic E-state index is 5.88. The van der Waals surface area contributed by atoms with E-state index in [1.54, 1.807) is 0 Å². The smallest absolute Gasteiger partial charge is 0.0110 e. The molecule has 88 valence electrons. The van der Waals surface area contributed by atoms with Gasteiger partial charge in [0.2, 0.25) is 0 Å². The molecule has 0 radical (unpaired) electrons. The number of hydrogen-bond donors (Lipinski definition) is 1. The number of nitrogens with zero attached hydrogens (tertiary/aromatic N) is 2. The van der Waals surface area contributed by atoms with Gasteiger partial charge in [-0.2, -0.15) is 0 Å². The Morgan fingerprint density at radius 1 is 1.13 bits per heavy atom. The van der Waals surface area contributed by atoms with Crippen molar-refractivity contribution < 1.29 is 0 Å². The Labute approximate surface area is 93.6 Å². The number of piperazine rings is 1. The molecule has 2 fully saturated rings. The van der Waals surface area contributed by atoms with E-state index < -0.39 is 0 Å². The van der Waals surface area contributed by atoms with Crippen LogP contribution in [0.5, 0.6) is 0 Å². The fourth-order valence-electron chi connectivity index (χ4n) is 2.70. The minimum Gasteiger partial charge on any atom is -0.330 e. The van der Waals surface area contributed by atoms with Crippen LogP contribution in [-0.2, 0) is 0 Å². The zero-order valence-corrected chi connectivity index (χ0v) is 10.0. The van der Waals surface area contributed by atoms with Crippen LogP contribution >= 0.6 is 0 Å². The standard InChI is InChI=1S/C12H25N3/c1-14-7-9-15(10-8-14)6-5-12(11-13)3-2-4-12/h2-11,13H2,1H3. The average Bonchev–Trinajstić information content (AvgIpc) is 2.20. The predicted molar refractivity (Wildman–Crippen MR) is 63.9 cm³/mol. The molecule has 1 aliphatic carbocycles. The molecule has 1 saturated heterocycles. The summed E-state index contributed by atoms with van der Waals surface area (Å²) in [6.07, 6.45) is 5.47. The molecule has 15 heavy (non-hydrogen) atoms. The molecule has 0 atom stereocenters. The zero-order chi connectivity index (χ0) is 10.7. The summed E-state index contributed by atoms with van der Waals surface area (Å²) in [5, 5.41) is 0. The quantitative estimate of drug-likeness (QED) is 0.745. The Hall–Kier alpha value is -0.120. The van der Waals surface area contributed by atoms with Gasteiger partial charge in [0.15, 0.2) is 0 Å². The number of hydrogen-bond acceptors (Lipinski definition) is 3. The molecule has 3 heteroatoms. The molecule has 0 amide bonds. The van der Waals surface area contributed by atoms with E-state index in [0.29, 0.717) is 5.41 Å². The Morgan fingerprint density at radius 2 is 1.80 bits per heavy atom. The molecule has 0 unspecified atom stereocenters. The third-order valence-corrected chi connectivity index (χ3v) is 4.40. The van der Waals surface area contributed by atoms with Crippen LogP contribution in [0, 0.1) is 5.41 Å². The summed E-state index contributed by atoms with van der Waals surface area (Å²) in [7, 11) is 2.21. The van der Waals surface area contributed by atoms with Crippen LogP contribution in [0.1, 0.15) is 25.7 Å². The summed E-state index contributed by atoms with van der Waals surface area (Å²) < 4.78 is 0. The highest BCUT2D eigenvalue weighted by molar-refractivity contribution is 4.89. The highest BCUT2D eigenvalue weighted by atomic mass is 15.2. The van der Waals surface area contributed by atoms with Crippen LogP contribution in [-0.4, -0.2) is 56.1 Å². The van der Waals surface area contributed by atoms with Crippen LogP contribution in [0.4, 0.5) is 0 Å². The molecular weight excluding hydrogens is 186 g/mol. The predicted octanol–water partition coefficient (Wildman–Crippen LogP) is 0.753. The second kappa shape index (κ2) is 4.81. The van der Waals surface area contributed by atoms with Crippen molar-refractivity contribution in [2.24, 2.45) is 11.1 Å². The van der Waals surface area contributed by atoms with Gasteiger partial charge in [-0.25, -0.2) is 0 Å². The summed E-state index contributed by atoms with van der Waals surface area (Å²) in [5.74, 6) is 0. The molecule has 1 saturated carbocycles. The fraction of sp³-hybridized carbons (Fsp3) is 1.00. The summed E-state index contributed by atoms with van der Waals surface area (Å²) >= 11 is 0. The number of nitrogens with two attached hydrogens (primary N) is 1. The monoisotopic (exact) mass is 211 g/mol. The first-order chi connectivity index (χ1) is 7.24. The lowest BCUT2D eigenvalue weighted by atomic mass is 9.66. The van der Waals surface area contributed by atoms with Crippen molar-refractivity contribution in [2.75, 3.05) is 46.3 Å². The Bertz CT molecular complexity index is 188. The molecule has 3 nitrogen and oxygen atoms in total. The molecule has 0 aromatic rings. The molecule has 2 rings (SSSR count). The lowest BCUT2D eigenvalue weighted by Gasteiger charge is -2.43. The highest BCUT2D eigenvalue weighted by Gasteiger charge is 2.35. The molecule has 0 aromatic heterocycles. The average molecular weight is 211 g/mol. The van der Waals surface area contributed by atoms with Crippen molar-refractivity contribution in [1.29, 1.82) is 0 Å². The van der Waals surface area contributed by atoms with Crippen molar-refractivity contribution in [3.8, 4) is 0 Å². The van der Waals surface area contributed by atoms with E-state index in [2.05, 4.69) is 16.8 Å². The van der Waals surface area contributed by atoms with Crippen LogP contribution < -0.4 is 5.73 Å². The van der Waals surface area contributed by atoms with E-state index in [4.69, 9.17) is 5.73 Å². The molecule has 1 heterocycles. The van der Waals surface area contributed by atoms with Gasteiger partial charge in [-0.3, -0.25) is 0 Å². The molecule has 2 N–H and O–H groups in total. The topological polar surface area (TPSA) is 32.5 Å². The molecule has 0 aromatic carbocycles. The maximum Gasteiger partial charge on any atom is 0.0110 e. The lowest BCUT2D eigenvalue weighted by Crippen LogP contribution is -2.47. The number of rotatable bonds is 4. The summed E-state index contributed by atoms with van der Waals surface area (Å²) in [6, 6.07) is 0. The van der Waals surface area contributed by atoms with Crippen molar-refractivity contribution >= 4 is 0 Å². The third kappa shape index (κ3) is 2.71. The Morgan fingerprint density at radius 3 is 2.27 bits per heavy atom. The summed E-state index contributed by atoms with van der Waals surface area (Å²) in [6.45, 7) is 7.13. The molecule has 0 bridgehead atoms. The van der Waals surface area contributed by atoms with Gasteiger partial charge in [0.1, 0.15) is 0 Å². The first-order valence-corrected chi connectivity index (χ1v) is 6.35. The molecular formula is C12H25N3. The van der Waals surface area contributed by atoms with Crippen LogP contribution in [0.15, 0.2) is 0 Å². The largest absolute Gasteiger partial charge is 0.330 e. The van der Waals surface area contributed by atoms with E-state index in [1.165, 1.54) is 58.4 Å². The van der Waals surface area contributed by atoms with Gasteiger partial charge in [0, 0.05) is 26.2 Å². The third-order valence-electron chi connectivity index (χ3n) is 4.40. The van der Waals surface area contributed by atoms with Crippen molar-refractivity contribution in [2.45, 2.75) is 25.7 Å². The van der Waals surface area contributed by atoms with Crippen LogP contribution in [0.2, 0.25) is 0 Å². The van der Waals surface area contributed by atoms with E-state index >= 15 is 0 Å². The van der Waals surface area contributed by atoms with E-state index in [1.807, 2.05) is 0 Å². The lowest BCUT2D eigenvalue weighted by molar-refractivity contribution is 0.0865. The highest BCUT2D eigenvalue weighted by Crippen LogP contribution is 2.42. The first kappa shape index (κ1) is 11.4. The molecule has 2 aliphatic rings. The van der Waals surface area contributed by atoms with Crippen molar-refractivity contribution in [3.63, 3.8) is 0 Å². The second-order valence-electron chi connectivity index (χ2n) is 5.45. The van der Waals surface area contributed by atoms with Gasteiger partial charge >= 0.3 is 0 Å². The van der Waals surface area contributed by atoms with Gasteiger partial charge in [0.05, 0.1) is 0 Å². The van der Waals surface area contributed by atoms with Gasteiger partial charge in [-0.05, 0) is 44.8 Å². The first-order valence-electron chi connectivity index (χ1n) is 6.35. The van der Waals surface area contributed by atoms with E-state index in [0.717, 1.165) is 6.54 Å². The van der Waals surface area contributed by atoms with Crippen LogP contribution in [0.3, 0.4) is 0 Å². The van der Waals surface area contributed by atoms with Gasteiger partial charge < -0.3 is 15.5 Å². The van der Waals surface area contributed by atoms with Crippen molar-refractivity contribution in [1.82, 2.24) is 9.80 Å². The van der Waals surface area contributed by atoms with Gasteiger partial charge in [0.25, 0.3) is 0 Å². The minimum atomic E-state index is 0.531. The van der Waals surface area contributed by atoms with Gasteiger partial charge in [-0.1, -0.05) is 6.42 Å². The Kier molecular flexibility index (Phi) is 3.65. The maximum absolute atomic E-state index is 5.88. The summed E-state index contributed by atoms with van der Waals surface area (Å²) in [5.41, 5.74) is 6.41. The van der Waals surface area contributed by atoms with Gasteiger partial charge in [-0.15, -0.1) is 0 Å². The fourth-order valence-corrected chi connectivity index (χ4v) is 2.70. The Balaban J connectivity index is 1.69. The minimum absolute atomic E-state index is 0.531. The second-order valence-corrected chi connectivity index (χ2v) is 5.45. The normalized spacial score (nSPS) is 27.6. The SMILES string of the molecule is CN1CCN(CCC2(CN)CCC2)CC1. The molecule has 0 spiro atoms. The van der Waals surface area contributed by atoms with Crippen LogP contribution in [0.25, 0.3) is 0 Å². The molecule has 1 aliphatic heterocycles. The zero-order valence-electron chi connectivity index (χ0n) is 10.0. The summed E-state index contributed by atoms with van der Waals surface area (Å²) in [4.78, 5) is 5.02.